The molecule has 1 aliphatic rings. The van der Waals surface area contributed by atoms with Crippen molar-refractivity contribution in [1.29, 1.82) is 0 Å². The minimum Gasteiger partial charge on any atom is -0.454 e. The summed E-state index contributed by atoms with van der Waals surface area (Å²) in [5.41, 5.74) is 1.78. The molecule has 0 aliphatic carbocycles. The van der Waals surface area contributed by atoms with Crippen LogP contribution >= 0.6 is 11.8 Å². The number of anilines is 1. The zero-order valence-electron chi connectivity index (χ0n) is 15.8. The van der Waals surface area contributed by atoms with Crippen molar-refractivity contribution in [2.45, 2.75) is 11.6 Å². The van der Waals surface area contributed by atoms with E-state index >= 15 is 0 Å². The van der Waals surface area contributed by atoms with Gasteiger partial charge in [-0.15, -0.1) is 0 Å². The summed E-state index contributed by atoms with van der Waals surface area (Å²) in [5.74, 6) is 0.859. The highest BCUT2D eigenvalue weighted by Gasteiger charge is 2.16. The first-order valence-corrected chi connectivity index (χ1v) is 10.1. The quantitative estimate of drug-likeness (QED) is 0.565. The van der Waals surface area contributed by atoms with Crippen molar-refractivity contribution in [3.63, 3.8) is 0 Å². The molecule has 0 bridgehead atoms. The van der Waals surface area contributed by atoms with E-state index in [4.69, 9.17) is 9.47 Å². The minimum absolute atomic E-state index is 0.103. The number of carbonyl (C=O) groups is 2. The average Bonchev–Trinajstić information content (AvgIpc) is 3.25. The second kappa shape index (κ2) is 9.27. The monoisotopic (exact) mass is 422 g/mol. The number of benzene rings is 1. The maximum atomic E-state index is 12.6. The molecule has 1 aromatic carbocycles. The Morgan fingerprint density at radius 2 is 1.87 bits per heavy atom. The molecule has 2 amide bonds. The van der Waals surface area contributed by atoms with Crippen molar-refractivity contribution >= 4 is 29.3 Å². The number of carbonyl (C=O) groups excluding carboxylic acids is 2. The molecule has 3 heterocycles. The van der Waals surface area contributed by atoms with Crippen molar-refractivity contribution < 1.29 is 19.1 Å². The Hall–Kier alpha value is -3.59. The summed E-state index contributed by atoms with van der Waals surface area (Å²) < 4.78 is 10.6. The number of nitrogens with one attached hydrogen (secondary N) is 2. The molecule has 4 rings (SSSR count). The predicted octanol–water partition coefficient (Wildman–Crippen LogP) is 2.87. The summed E-state index contributed by atoms with van der Waals surface area (Å²) in [7, 11) is 0. The lowest BCUT2D eigenvalue weighted by molar-refractivity contribution is -0.113. The van der Waals surface area contributed by atoms with Crippen LogP contribution in [0.2, 0.25) is 0 Å². The van der Waals surface area contributed by atoms with Crippen LogP contribution in [0.1, 0.15) is 16.1 Å². The molecule has 0 saturated heterocycles. The van der Waals surface area contributed by atoms with Gasteiger partial charge in [0.25, 0.3) is 5.91 Å². The molecule has 2 N–H and O–H groups in total. The first kappa shape index (κ1) is 19.7. The third-order valence-electron chi connectivity index (χ3n) is 4.17. The molecule has 0 atom stereocenters. The van der Waals surface area contributed by atoms with Gasteiger partial charge in [0.2, 0.25) is 12.7 Å². The number of pyridine rings is 2. The van der Waals surface area contributed by atoms with E-state index < -0.39 is 0 Å². The van der Waals surface area contributed by atoms with Crippen LogP contribution in [0.25, 0.3) is 0 Å². The number of ether oxygens (including phenoxy) is 2. The highest BCUT2D eigenvalue weighted by atomic mass is 32.2. The maximum absolute atomic E-state index is 12.6. The van der Waals surface area contributed by atoms with Crippen LogP contribution in [-0.4, -0.2) is 34.3 Å². The third kappa shape index (κ3) is 4.87. The highest BCUT2D eigenvalue weighted by molar-refractivity contribution is 8.00. The molecule has 0 radical (unpaired) electrons. The summed E-state index contributed by atoms with van der Waals surface area (Å²) in [5, 5.41) is 6.11. The van der Waals surface area contributed by atoms with Crippen LogP contribution in [0.5, 0.6) is 11.5 Å². The second-order valence-corrected chi connectivity index (χ2v) is 7.23. The Labute approximate surface area is 177 Å². The van der Waals surface area contributed by atoms with Crippen LogP contribution in [0.4, 0.5) is 5.69 Å². The maximum Gasteiger partial charge on any atom is 0.254 e. The van der Waals surface area contributed by atoms with Crippen LogP contribution in [-0.2, 0) is 11.3 Å². The molecule has 0 fully saturated rings. The number of fused-ring (bicyclic) bond motifs is 1. The van der Waals surface area contributed by atoms with Gasteiger partial charge in [-0.3, -0.25) is 14.6 Å². The fourth-order valence-electron chi connectivity index (χ4n) is 2.75. The predicted molar refractivity (Wildman–Crippen MR) is 112 cm³/mol. The number of thioether (sulfide) groups is 1. The summed E-state index contributed by atoms with van der Waals surface area (Å²) >= 11 is 1.19. The summed E-state index contributed by atoms with van der Waals surface area (Å²) in [6.45, 7) is 0.483. The zero-order valence-corrected chi connectivity index (χ0v) is 16.6. The van der Waals surface area contributed by atoms with Crippen molar-refractivity contribution in [1.82, 2.24) is 15.3 Å². The number of hydrogen-bond acceptors (Lipinski definition) is 7. The fourth-order valence-corrected chi connectivity index (χ4v) is 3.54. The SMILES string of the molecule is O=C(CSc1ncccc1C(=O)NCc1ccccn1)Nc1ccc2c(c1)OCO2. The highest BCUT2D eigenvalue weighted by Crippen LogP contribution is 2.34. The number of rotatable bonds is 7. The van der Waals surface area contributed by atoms with Gasteiger partial charge in [-0.05, 0) is 36.4 Å². The van der Waals surface area contributed by atoms with E-state index in [0.29, 0.717) is 34.3 Å². The lowest BCUT2D eigenvalue weighted by Crippen LogP contribution is -2.24. The van der Waals surface area contributed by atoms with E-state index in [1.165, 1.54) is 11.8 Å². The van der Waals surface area contributed by atoms with Gasteiger partial charge in [0, 0.05) is 24.1 Å². The van der Waals surface area contributed by atoms with Gasteiger partial charge in [-0.2, -0.15) is 0 Å². The number of hydrogen-bond donors (Lipinski definition) is 2. The van der Waals surface area contributed by atoms with Gasteiger partial charge in [0.15, 0.2) is 11.5 Å². The molecule has 0 unspecified atom stereocenters. The molecule has 30 heavy (non-hydrogen) atoms. The standard InChI is InChI=1S/C21H18N4O4S/c26-19(25-14-6-7-17-18(10-14)29-13-28-17)12-30-21-16(5-3-9-23-21)20(27)24-11-15-4-1-2-8-22-15/h1-10H,11-13H2,(H,24,27)(H,25,26). The van der Waals surface area contributed by atoms with Crippen molar-refractivity contribution in [3.05, 3.63) is 72.2 Å². The number of aromatic nitrogens is 2. The number of nitrogens with zero attached hydrogens (tertiary/aromatic N) is 2. The minimum atomic E-state index is -0.271. The molecule has 3 aromatic rings. The largest absolute Gasteiger partial charge is 0.454 e. The fraction of sp³-hybridized carbons (Fsp3) is 0.143. The molecule has 152 valence electrons. The van der Waals surface area contributed by atoms with E-state index in [9.17, 15) is 9.59 Å². The molecule has 2 aromatic heterocycles. The third-order valence-corrected chi connectivity index (χ3v) is 5.17. The van der Waals surface area contributed by atoms with Gasteiger partial charge in [-0.25, -0.2) is 4.98 Å². The van der Waals surface area contributed by atoms with Crippen molar-refractivity contribution in [3.8, 4) is 11.5 Å². The Morgan fingerprint density at radius 3 is 2.73 bits per heavy atom. The van der Waals surface area contributed by atoms with E-state index in [1.54, 1.807) is 42.7 Å². The van der Waals surface area contributed by atoms with Gasteiger partial charge in [0.05, 0.1) is 23.6 Å². The van der Waals surface area contributed by atoms with Crippen molar-refractivity contribution in [2.75, 3.05) is 17.9 Å². The average molecular weight is 422 g/mol. The van der Waals surface area contributed by atoms with E-state index in [-0.39, 0.29) is 24.4 Å². The topological polar surface area (TPSA) is 102 Å². The van der Waals surface area contributed by atoms with Crippen LogP contribution in [0.3, 0.4) is 0 Å². The summed E-state index contributed by atoms with van der Waals surface area (Å²) in [4.78, 5) is 33.3. The van der Waals surface area contributed by atoms with E-state index in [1.807, 2.05) is 18.2 Å². The van der Waals surface area contributed by atoms with E-state index in [0.717, 1.165) is 5.69 Å². The van der Waals surface area contributed by atoms with Gasteiger partial charge < -0.3 is 20.1 Å². The molecular weight excluding hydrogens is 404 g/mol. The van der Waals surface area contributed by atoms with Gasteiger partial charge >= 0.3 is 0 Å². The smallest absolute Gasteiger partial charge is 0.254 e. The van der Waals surface area contributed by atoms with E-state index in [2.05, 4.69) is 20.6 Å². The first-order chi connectivity index (χ1) is 14.7. The Bertz CT molecular complexity index is 1060. The molecule has 8 nitrogen and oxygen atoms in total. The summed E-state index contributed by atoms with van der Waals surface area (Å²) in [6, 6.07) is 14.1. The number of amides is 2. The first-order valence-electron chi connectivity index (χ1n) is 9.14. The molecule has 1 aliphatic heterocycles. The molecule has 0 spiro atoms. The normalized spacial score (nSPS) is 11.7. The molecular formula is C21H18N4O4S. The van der Waals surface area contributed by atoms with Crippen LogP contribution < -0.4 is 20.1 Å². The summed E-state index contributed by atoms with van der Waals surface area (Å²) in [6.07, 6.45) is 3.26. The Balaban J connectivity index is 1.34. The Morgan fingerprint density at radius 1 is 1.00 bits per heavy atom. The molecule has 0 saturated carbocycles. The Kier molecular flexibility index (Phi) is 6.09. The molecule has 9 heteroatoms. The van der Waals surface area contributed by atoms with Crippen LogP contribution in [0.15, 0.2) is 66.0 Å². The van der Waals surface area contributed by atoms with Crippen molar-refractivity contribution in [2.24, 2.45) is 0 Å². The van der Waals surface area contributed by atoms with Crippen LogP contribution in [0, 0.1) is 0 Å². The van der Waals surface area contributed by atoms with Gasteiger partial charge in [0.1, 0.15) is 5.03 Å². The second-order valence-electron chi connectivity index (χ2n) is 6.26. The zero-order chi connectivity index (χ0) is 20.8. The van der Waals surface area contributed by atoms with Gasteiger partial charge in [-0.1, -0.05) is 17.8 Å². The lowest BCUT2D eigenvalue weighted by atomic mass is 10.2. The lowest BCUT2D eigenvalue weighted by Gasteiger charge is -2.09.